The maximum atomic E-state index is 12.1. The average Bonchev–Trinajstić information content (AvgIpc) is 2.72. The average molecular weight is 289 g/mol. The first kappa shape index (κ1) is 16.2. The molecule has 0 aliphatic carbocycles. The number of rotatable bonds is 8. The highest BCUT2D eigenvalue weighted by atomic mass is 32.2. The number of aliphatic hydroxyl groups is 1. The Hall–Kier alpha value is -0.890. The second kappa shape index (κ2) is 7.04. The zero-order valence-electron chi connectivity index (χ0n) is 11.8. The first-order valence-corrected chi connectivity index (χ1v) is 7.83. The van der Waals surface area contributed by atoms with Gasteiger partial charge in [-0.25, -0.2) is 13.1 Å². The Labute approximate surface area is 115 Å². The van der Waals surface area contributed by atoms with Crippen molar-refractivity contribution < 1.29 is 13.5 Å². The molecule has 0 saturated carbocycles. The molecule has 0 radical (unpaired) electrons. The van der Waals surface area contributed by atoms with Gasteiger partial charge in [0.15, 0.2) is 0 Å². The molecule has 1 aromatic heterocycles. The summed E-state index contributed by atoms with van der Waals surface area (Å²) in [7, 11) is 0.275. The van der Waals surface area contributed by atoms with Crippen molar-refractivity contribution in [3.05, 3.63) is 18.0 Å². The number of sulfonamides is 1. The summed E-state index contributed by atoms with van der Waals surface area (Å²) in [5.74, 6) is 0. The smallest absolute Gasteiger partial charge is 0.242 e. The molecule has 2 N–H and O–H groups in total. The van der Waals surface area contributed by atoms with E-state index in [1.165, 1.54) is 6.07 Å². The van der Waals surface area contributed by atoms with Crippen molar-refractivity contribution in [2.75, 3.05) is 27.2 Å². The number of hydrogen-bond donors (Lipinski definition) is 2. The minimum absolute atomic E-state index is 0.160. The van der Waals surface area contributed by atoms with Gasteiger partial charge in [0.25, 0.3) is 0 Å². The van der Waals surface area contributed by atoms with E-state index in [1.807, 2.05) is 25.9 Å². The Morgan fingerprint density at radius 1 is 1.42 bits per heavy atom. The number of aromatic nitrogens is 1. The summed E-state index contributed by atoms with van der Waals surface area (Å²) >= 11 is 0. The minimum atomic E-state index is -3.49. The van der Waals surface area contributed by atoms with E-state index in [0.29, 0.717) is 25.3 Å². The van der Waals surface area contributed by atoms with Crippen molar-refractivity contribution in [2.45, 2.75) is 31.4 Å². The maximum absolute atomic E-state index is 12.1. The van der Waals surface area contributed by atoms with Crippen molar-refractivity contribution >= 4 is 10.0 Å². The Bertz CT molecular complexity index is 494. The fourth-order valence-corrected chi connectivity index (χ4v) is 2.82. The molecule has 0 amide bonds. The number of aliphatic hydroxyl groups excluding tert-OH is 1. The first-order valence-electron chi connectivity index (χ1n) is 6.35. The lowest BCUT2D eigenvalue weighted by molar-refractivity contribution is 0.270. The molecule has 0 aliphatic heterocycles. The lowest BCUT2D eigenvalue weighted by Crippen LogP contribution is -2.31. The van der Waals surface area contributed by atoms with Crippen molar-refractivity contribution in [2.24, 2.45) is 0 Å². The second-order valence-corrected chi connectivity index (χ2v) is 6.49. The summed E-state index contributed by atoms with van der Waals surface area (Å²) in [6.45, 7) is 3.55. The van der Waals surface area contributed by atoms with Crippen LogP contribution in [-0.2, 0) is 23.2 Å². The summed E-state index contributed by atoms with van der Waals surface area (Å²) in [5, 5.41) is 9.23. The molecule has 0 aromatic carbocycles. The normalized spacial score (nSPS) is 12.3. The third kappa shape index (κ3) is 4.61. The largest absolute Gasteiger partial charge is 0.390 e. The van der Waals surface area contributed by atoms with Crippen LogP contribution in [-0.4, -0.2) is 50.2 Å². The molecule has 0 aliphatic rings. The number of aryl methyl sites for hydroxylation is 1. The maximum Gasteiger partial charge on any atom is 0.242 e. The summed E-state index contributed by atoms with van der Waals surface area (Å²) in [6.07, 6.45) is 2.46. The van der Waals surface area contributed by atoms with Crippen molar-refractivity contribution in [1.29, 1.82) is 0 Å². The van der Waals surface area contributed by atoms with Crippen LogP contribution in [0, 0.1) is 0 Å². The molecule has 110 valence electrons. The predicted octanol–water partition coefficient (Wildman–Crippen LogP) is 0.230. The molecule has 0 spiro atoms. The topological polar surface area (TPSA) is 74.6 Å². The lowest BCUT2D eigenvalue weighted by atomic mass is 10.4. The van der Waals surface area contributed by atoms with E-state index in [2.05, 4.69) is 4.72 Å². The molecule has 0 atom stereocenters. The van der Waals surface area contributed by atoms with Gasteiger partial charge in [-0.2, -0.15) is 0 Å². The van der Waals surface area contributed by atoms with Gasteiger partial charge in [-0.1, -0.05) is 6.92 Å². The molecule has 0 fully saturated rings. The fraction of sp³-hybridized carbons (Fsp3) is 0.667. The van der Waals surface area contributed by atoms with Crippen LogP contribution >= 0.6 is 0 Å². The molecule has 0 unspecified atom stereocenters. The molecule has 1 aromatic rings. The number of likely N-dealkylation sites (N-methyl/N-ethyl adjacent to an activating group) is 1. The van der Waals surface area contributed by atoms with E-state index in [1.54, 1.807) is 10.8 Å². The Morgan fingerprint density at radius 3 is 2.63 bits per heavy atom. The number of hydrogen-bond acceptors (Lipinski definition) is 4. The monoisotopic (exact) mass is 289 g/mol. The highest BCUT2D eigenvalue weighted by molar-refractivity contribution is 7.89. The van der Waals surface area contributed by atoms with E-state index in [0.717, 1.165) is 6.42 Å². The third-order valence-electron chi connectivity index (χ3n) is 2.75. The minimum Gasteiger partial charge on any atom is -0.390 e. The lowest BCUT2D eigenvalue weighted by Gasteiger charge is -2.10. The van der Waals surface area contributed by atoms with Gasteiger partial charge in [-0.15, -0.1) is 0 Å². The molecule has 1 rings (SSSR count). The number of nitrogens with zero attached hydrogens (tertiary/aromatic N) is 2. The molecule has 7 heteroatoms. The Kier molecular flexibility index (Phi) is 5.99. The van der Waals surface area contributed by atoms with Crippen LogP contribution in [0.1, 0.15) is 19.0 Å². The molecular formula is C12H23N3O3S. The summed E-state index contributed by atoms with van der Waals surface area (Å²) in [6, 6.07) is 1.52. The quantitative estimate of drug-likeness (QED) is 0.718. The first-order chi connectivity index (χ1) is 8.90. The van der Waals surface area contributed by atoms with Crippen LogP contribution in [0.25, 0.3) is 0 Å². The molecule has 6 nitrogen and oxygen atoms in total. The molecular weight excluding hydrogens is 266 g/mol. The van der Waals surface area contributed by atoms with Gasteiger partial charge < -0.3 is 14.6 Å². The van der Waals surface area contributed by atoms with Crippen molar-refractivity contribution in [3.8, 4) is 0 Å². The van der Waals surface area contributed by atoms with Gasteiger partial charge in [-0.05, 0) is 26.6 Å². The number of nitrogens with one attached hydrogen (secondary N) is 1. The SMILES string of the molecule is CCCn1cc(S(=O)(=O)NCCN(C)C)cc1CO. The van der Waals surface area contributed by atoms with Gasteiger partial charge >= 0.3 is 0 Å². The summed E-state index contributed by atoms with van der Waals surface area (Å²) in [4.78, 5) is 2.12. The zero-order chi connectivity index (χ0) is 14.5. The highest BCUT2D eigenvalue weighted by Gasteiger charge is 2.17. The predicted molar refractivity (Wildman–Crippen MR) is 74.4 cm³/mol. The van der Waals surface area contributed by atoms with E-state index in [-0.39, 0.29) is 11.5 Å². The molecule has 1 heterocycles. The Morgan fingerprint density at radius 2 is 2.11 bits per heavy atom. The van der Waals surface area contributed by atoms with Crippen LogP contribution in [0.5, 0.6) is 0 Å². The fourth-order valence-electron chi connectivity index (χ4n) is 1.74. The van der Waals surface area contributed by atoms with Gasteiger partial charge in [0.1, 0.15) is 0 Å². The van der Waals surface area contributed by atoms with Gasteiger partial charge in [0.05, 0.1) is 11.5 Å². The zero-order valence-corrected chi connectivity index (χ0v) is 12.6. The van der Waals surface area contributed by atoms with E-state index >= 15 is 0 Å². The van der Waals surface area contributed by atoms with Crippen LogP contribution in [0.2, 0.25) is 0 Å². The molecule has 0 bridgehead atoms. The van der Waals surface area contributed by atoms with Crippen LogP contribution < -0.4 is 4.72 Å². The summed E-state index contributed by atoms with van der Waals surface area (Å²) < 4.78 is 28.5. The van der Waals surface area contributed by atoms with Crippen LogP contribution in [0.15, 0.2) is 17.2 Å². The second-order valence-electron chi connectivity index (χ2n) is 4.72. The van der Waals surface area contributed by atoms with Crippen LogP contribution in [0.4, 0.5) is 0 Å². The highest BCUT2D eigenvalue weighted by Crippen LogP contribution is 2.15. The third-order valence-corrected chi connectivity index (χ3v) is 4.18. The van der Waals surface area contributed by atoms with Crippen LogP contribution in [0.3, 0.4) is 0 Å². The standard InChI is InChI=1S/C12H23N3O3S/c1-4-6-15-9-12(8-11(15)10-16)19(17,18)13-5-7-14(2)3/h8-9,13,16H,4-7,10H2,1-3H3. The van der Waals surface area contributed by atoms with Gasteiger partial charge in [0.2, 0.25) is 10.0 Å². The van der Waals surface area contributed by atoms with E-state index < -0.39 is 10.0 Å². The Balaban J connectivity index is 2.83. The van der Waals surface area contributed by atoms with E-state index in [4.69, 9.17) is 0 Å². The van der Waals surface area contributed by atoms with Gasteiger partial charge in [-0.3, -0.25) is 0 Å². The van der Waals surface area contributed by atoms with Crippen molar-refractivity contribution in [1.82, 2.24) is 14.2 Å². The van der Waals surface area contributed by atoms with Gasteiger partial charge in [0, 0.05) is 31.5 Å². The van der Waals surface area contributed by atoms with Crippen molar-refractivity contribution in [3.63, 3.8) is 0 Å². The van der Waals surface area contributed by atoms with E-state index in [9.17, 15) is 13.5 Å². The molecule has 19 heavy (non-hydrogen) atoms. The molecule has 0 saturated heterocycles. The summed E-state index contributed by atoms with van der Waals surface area (Å²) in [5.41, 5.74) is 0.620.